The van der Waals surface area contributed by atoms with Crippen LogP contribution in [-0.4, -0.2) is 25.6 Å². The van der Waals surface area contributed by atoms with E-state index in [-0.39, 0.29) is 5.91 Å². The zero-order valence-electron chi connectivity index (χ0n) is 11.7. The molecular formula is C15H22N2O2. The zero-order valence-corrected chi connectivity index (χ0v) is 11.7. The summed E-state index contributed by atoms with van der Waals surface area (Å²) >= 11 is 0. The number of benzene rings is 1. The smallest absolute Gasteiger partial charge is 0.261 e. The van der Waals surface area contributed by atoms with E-state index in [4.69, 9.17) is 10.5 Å². The van der Waals surface area contributed by atoms with Crippen LogP contribution in [0.4, 0.5) is 5.69 Å². The van der Waals surface area contributed by atoms with Gasteiger partial charge in [0.2, 0.25) is 0 Å². The number of carbonyl (C=O) groups excluding carboxylic acids is 1. The highest BCUT2D eigenvalue weighted by Crippen LogP contribution is 2.33. The van der Waals surface area contributed by atoms with Gasteiger partial charge in [-0.1, -0.05) is 12.5 Å². The van der Waals surface area contributed by atoms with E-state index < -0.39 is 5.60 Å². The number of hydrogen-bond donors (Lipinski definition) is 1. The Hall–Kier alpha value is -1.71. The van der Waals surface area contributed by atoms with Crippen LogP contribution in [0.5, 0.6) is 5.75 Å². The first kappa shape index (κ1) is 13.7. The Balaban J connectivity index is 2.22. The minimum atomic E-state index is -0.816. The van der Waals surface area contributed by atoms with Gasteiger partial charge in [-0.05, 0) is 37.8 Å². The van der Waals surface area contributed by atoms with E-state index >= 15 is 0 Å². The molecule has 1 saturated carbocycles. The van der Waals surface area contributed by atoms with Crippen LogP contribution in [0.3, 0.4) is 0 Å². The summed E-state index contributed by atoms with van der Waals surface area (Å²) in [5, 5.41) is 0. The fourth-order valence-electron chi connectivity index (χ4n) is 2.57. The number of nitrogens with two attached hydrogens (primary N) is 1. The second-order valence-corrected chi connectivity index (χ2v) is 5.41. The van der Waals surface area contributed by atoms with Gasteiger partial charge in [-0.25, -0.2) is 0 Å². The Bertz CT molecular complexity index is 451. The molecule has 4 nitrogen and oxygen atoms in total. The molecule has 19 heavy (non-hydrogen) atoms. The van der Waals surface area contributed by atoms with Gasteiger partial charge in [0.1, 0.15) is 5.75 Å². The summed E-state index contributed by atoms with van der Waals surface area (Å²) in [5.41, 5.74) is 5.81. The fraction of sp³-hybridized carbons (Fsp3) is 0.533. The molecule has 1 aromatic carbocycles. The van der Waals surface area contributed by atoms with Crippen molar-refractivity contribution in [2.24, 2.45) is 5.73 Å². The number of ether oxygens (including phenoxy) is 1. The van der Waals surface area contributed by atoms with Gasteiger partial charge < -0.3 is 15.4 Å². The summed E-state index contributed by atoms with van der Waals surface area (Å²) in [5.74, 6) is 0.370. The molecular weight excluding hydrogens is 240 g/mol. The molecule has 0 bridgehead atoms. The summed E-state index contributed by atoms with van der Waals surface area (Å²) in [4.78, 5) is 13.8. The first-order chi connectivity index (χ1) is 9.03. The molecule has 0 heterocycles. The number of amides is 1. The molecule has 0 radical (unpaired) electrons. The minimum Gasteiger partial charge on any atom is -0.477 e. The highest BCUT2D eigenvalue weighted by Gasteiger charge is 2.40. The van der Waals surface area contributed by atoms with Crippen molar-refractivity contribution in [1.82, 2.24) is 0 Å². The van der Waals surface area contributed by atoms with Crippen molar-refractivity contribution in [3.05, 3.63) is 24.3 Å². The molecule has 1 aliphatic rings. The molecule has 2 rings (SSSR count). The lowest BCUT2D eigenvalue weighted by atomic mass is 9.84. The molecule has 1 amide bonds. The molecule has 1 aliphatic carbocycles. The predicted octanol–water partition coefficient (Wildman–Crippen LogP) is 2.32. The van der Waals surface area contributed by atoms with Crippen molar-refractivity contribution in [3.63, 3.8) is 0 Å². The Morgan fingerprint density at radius 2 is 1.95 bits per heavy atom. The average molecular weight is 262 g/mol. The third-order valence-corrected chi connectivity index (χ3v) is 3.76. The van der Waals surface area contributed by atoms with Crippen LogP contribution in [0.2, 0.25) is 0 Å². The number of rotatable bonds is 4. The van der Waals surface area contributed by atoms with Gasteiger partial charge in [0.15, 0.2) is 5.60 Å². The van der Waals surface area contributed by atoms with E-state index in [0.717, 1.165) is 24.9 Å². The Labute approximate surface area is 114 Å². The maximum atomic E-state index is 11.8. The standard InChI is InChI=1S/C15H22N2O2/c1-17(2)12-7-6-8-13(11-12)19-15(14(16)18)9-4-3-5-10-15/h6-8,11H,3-5,9-10H2,1-2H3,(H2,16,18). The summed E-state index contributed by atoms with van der Waals surface area (Å²) in [6, 6.07) is 7.76. The maximum absolute atomic E-state index is 11.8. The summed E-state index contributed by atoms with van der Waals surface area (Å²) in [6.07, 6.45) is 4.58. The first-order valence-corrected chi connectivity index (χ1v) is 6.80. The van der Waals surface area contributed by atoms with Crippen LogP contribution >= 0.6 is 0 Å². The van der Waals surface area contributed by atoms with E-state index in [9.17, 15) is 4.79 Å². The third-order valence-electron chi connectivity index (χ3n) is 3.76. The number of hydrogen-bond acceptors (Lipinski definition) is 3. The molecule has 0 unspecified atom stereocenters. The molecule has 0 atom stereocenters. The van der Waals surface area contributed by atoms with Gasteiger partial charge in [-0.3, -0.25) is 4.79 Å². The van der Waals surface area contributed by atoms with E-state index in [1.54, 1.807) is 0 Å². The van der Waals surface area contributed by atoms with Crippen molar-refractivity contribution in [2.75, 3.05) is 19.0 Å². The number of anilines is 1. The quantitative estimate of drug-likeness (QED) is 0.906. The molecule has 1 fully saturated rings. The zero-order chi connectivity index (χ0) is 13.9. The van der Waals surface area contributed by atoms with Gasteiger partial charge in [-0.15, -0.1) is 0 Å². The number of primary amides is 1. The summed E-state index contributed by atoms with van der Waals surface area (Å²) < 4.78 is 5.99. The molecule has 1 aromatic rings. The van der Waals surface area contributed by atoms with E-state index in [1.807, 2.05) is 43.3 Å². The lowest BCUT2D eigenvalue weighted by Crippen LogP contribution is -2.50. The van der Waals surface area contributed by atoms with Crippen molar-refractivity contribution < 1.29 is 9.53 Å². The molecule has 0 aliphatic heterocycles. The average Bonchev–Trinajstić information content (AvgIpc) is 2.40. The van der Waals surface area contributed by atoms with Gasteiger partial charge in [0, 0.05) is 25.8 Å². The van der Waals surface area contributed by atoms with Crippen molar-refractivity contribution in [1.29, 1.82) is 0 Å². The third kappa shape index (κ3) is 3.00. The highest BCUT2D eigenvalue weighted by molar-refractivity contribution is 5.84. The van der Waals surface area contributed by atoms with Crippen molar-refractivity contribution in [2.45, 2.75) is 37.7 Å². The predicted molar refractivity (Wildman–Crippen MR) is 76.4 cm³/mol. The molecule has 0 spiro atoms. The summed E-state index contributed by atoms with van der Waals surface area (Å²) in [7, 11) is 3.95. The SMILES string of the molecule is CN(C)c1cccc(OC2(C(N)=O)CCCCC2)c1. The van der Waals surface area contributed by atoms with Gasteiger partial charge >= 0.3 is 0 Å². The Kier molecular flexibility index (Phi) is 3.98. The van der Waals surface area contributed by atoms with Crippen LogP contribution in [-0.2, 0) is 4.79 Å². The van der Waals surface area contributed by atoms with Crippen LogP contribution in [0.15, 0.2) is 24.3 Å². The van der Waals surface area contributed by atoms with Crippen LogP contribution in [0.1, 0.15) is 32.1 Å². The van der Waals surface area contributed by atoms with Gasteiger partial charge in [-0.2, -0.15) is 0 Å². The second kappa shape index (κ2) is 5.51. The fourth-order valence-corrected chi connectivity index (χ4v) is 2.57. The van der Waals surface area contributed by atoms with Crippen LogP contribution in [0, 0.1) is 0 Å². The van der Waals surface area contributed by atoms with Gasteiger partial charge in [0.05, 0.1) is 0 Å². The maximum Gasteiger partial charge on any atom is 0.261 e. The molecule has 2 N–H and O–H groups in total. The monoisotopic (exact) mass is 262 g/mol. The lowest BCUT2D eigenvalue weighted by Gasteiger charge is -2.34. The normalized spacial score (nSPS) is 17.8. The van der Waals surface area contributed by atoms with Crippen LogP contribution < -0.4 is 15.4 Å². The highest BCUT2D eigenvalue weighted by atomic mass is 16.5. The van der Waals surface area contributed by atoms with E-state index in [1.165, 1.54) is 0 Å². The molecule has 4 heteroatoms. The Morgan fingerprint density at radius 1 is 1.26 bits per heavy atom. The van der Waals surface area contributed by atoms with Crippen molar-refractivity contribution in [3.8, 4) is 5.75 Å². The molecule has 104 valence electrons. The van der Waals surface area contributed by atoms with Crippen molar-refractivity contribution >= 4 is 11.6 Å². The topological polar surface area (TPSA) is 55.6 Å². The number of nitrogens with zero attached hydrogens (tertiary/aromatic N) is 1. The summed E-state index contributed by atoms with van der Waals surface area (Å²) in [6.45, 7) is 0. The van der Waals surface area contributed by atoms with Gasteiger partial charge in [0.25, 0.3) is 5.91 Å². The molecule has 0 saturated heterocycles. The van der Waals surface area contributed by atoms with Crippen LogP contribution in [0.25, 0.3) is 0 Å². The second-order valence-electron chi connectivity index (χ2n) is 5.41. The Morgan fingerprint density at radius 3 is 2.53 bits per heavy atom. The molecule has 0 aromatic heterocycles. The van der Waals surface area contributed by atoms with E-state index in [0.29, 0.717) is 18.6 Å². The largest absolute Gasteiger partial charge is 0.477 e. The first-order valence-electron chi connectivity index (χ1n) is 6.80. The van der Waals surface area contributed by atoms with E-state index in [2.05, 4.69) is 0 Å². The lowest BCUT2D eigenvalue weighted by molar-refractivity contribution is -0.136. The minimum absolute atomic E-state index is 0.345. The number of carbonyl (C=O) groups is 1.